The van der Waals surface area contributed by atoms with E-state index in [2.05, 4.69) is 44.2 Å². The molecule has 2 atom stereocenters. The lowest BCUT2D eigenvalue weighted by Gasteiger charge is -2.31. The second-order valence-corrected chi connectivity index (χ2v) is 8.48. The Labute approximate surface area is 155 Å². The number of nitrogens with one attached hydrogen (secondary N) is 1. The number of aryl methyl sites for hydroxylation is 1. The molecule has 1 saturated carbocycles. The molecule has 2 fully saturated rings. The molecule has 0 bridgehead atoms. The number of hydrogen-bond donors (Lipinski definition) is 1. The molecule has 1 aliphatic heterocycles. The number of piperidine rings is 1. The fourth-order valence-electron chi connectivity index (χ4n) is 4.03. The van der Waals surface area contributed by atoms with Gasteiger partial charge in [-0.15, -0.1) is 0 Å². The maximum atomic E-state index is 12.9. The van der Waals surface area contributed by atoms with Crippen molar-refractivity contribution in [3.05, 3.63) is 23.5 Å². The Hall–Kier alpha value is -2.11. The van der Waals surface area contributed by atoms with Gasteiger partial charge in [0, 0.05) is 25.1 Å². The molecule has 142 valence electrons. The molecule has 1 aromatic heterocycles. The second kappa shape index (κ2) is 6.89. The molecule has 1 aromatic rings. The van der Waals surface area contributed by atoms with Crippen molar-refractivity contribution in [3.8, 4) is 0 Å². The summed E-state index contributed by atoms with van der Waals surface area (Å²) in [7, 11) is 0. The number of carbonyl (C=O) groups is 2. The van der Waals surface area contributed by atoms with Gasteiger partial charge in [0.15, 0.2) is 5.82 Å². The minimum atomic E-state index is -0.0863. The quantitative estimate of drug-likeness (QED) is 0.836. The molecule has 6 nitrogen and oxygen atoms in total. The fraction of sp³-hybridized carbons (Fsp3) is 0.650. The van der Waals surface area contributed by atoms with E-state index in [4.69, 9.17) is 4.52 Å². The summed E-state index contributed by atoms with van der Waals surface area (Å²) in [5.74, 6) is 1.63. The number of nitrogens with zero attached hydrogens (tertiary/aromatic N) is 2. The normalized spacial score (nSPS) is 24.9. The number of amides is 2. The van der Waals surface area contributed by atoms with Crippen molar-refractivity contribution in [3.63, 3.8) is 0 Å². The van der Waals surface area contributed by atoms with E-state index in [1.54, 1.807) is 13.0 Å². The monoisotopic (exact) mass is 359 g/mol. The summed E-state index contributed by atoms with van der Waals surface area (Å²) < 4.78 is 4.97. The molecule has 6 heteroatoms. The van der Waals surface area contributed by atoms with Gasteiger partial charge in [0.1, 0.15) is 5.76 Å². The Morgan fingerprint density at radius 3 is 2.50 bits per heavy atom. The summed E-state index contributed by atoms with van der Waals surface area (Å²) in [6.45, 7) is 11.6. The van der Waals surface area contributed by atoms with Gasteiger partial charge in [0.25, 0.3) is 0 Å². The molecule has 0 spiro atoms. The SMILES string of the molecule is CC(C)=C[C@H]1[C@H](C(=O)N2CCC(C(=O)Nc3cc(C)on3)CC2)C1(C)C. The maximum absolute atomic E-state index is 12.9. The molecular formula is C20H29N3O3. The Bertz CT molecular complexity index is 722. The van der Waals surface area contributed by atoms with E-state index < -0.39 is 0 Å². The van der Waals surface area contributed by atoms with Gasteiger partial charge in [-0.2, -0.15) is 0 Å². The molecule has 2 heterocycles. The maximum Gasteiger partial charge on any atom is 0.228 e. The summed E-state index contributed by atoms with van der Waals surface area (Å²) in [5.41, 5.74) is 1.30. The first-order chi connectivity index (χ1) is 12.2. The molecule has 26 heavy (non-hydrogen) atoms. The van der Waals surface area contributed by atoms with Crippen LogP contribution in [0.1, 0.15) is 46.3 Å². The Kier molecular flexibility index (Phi) is 4.95. The van der Waals surface area contributed by atoms with Crippen LogP contribution in [-0.4, -0.2) is 35.0 Å². The third-order valence-corrected chi connectivity index (χ3v) is 5.75. The minimum Gasteiger partial charge on any atom is -0.360 e. The van der Waals surface area contributed by atoms with Crippen LogP contribution in [0, 0.1) is 30.1 Å². The van der Waals surface area contributed by atoms with Gasteiger partial charge in [-0.3, -0.25) is 9.59 Å². The van der Waals surface area contributed by atoms with Crippen LogP contribution in [0.2, 0.25) is 0 Å². The molecule has 1 saturated heterocycles. The van der Waals surface area contributed by atoms with Crippen molar-refractivity contribution < 1.29 is 14.1 Å². The molecule has 3 rings (SSSR count). The summed E-state index contributed by atoms with van der Waals surface area (Å²) in [6, 6.07) is 1.70. The van der Waals surface area contributed by atoms with Gasteiger partial charge in [0.2, 0.25) is 11.8 Å². The molecule has 0 unspecified atom stereocenters. The highest BCUT2D eigenvalue weighted by atomic mass is 16.5. The van der Waals surface area contributed by atoms with E-state index in [0.717, 1.165) is 0 Å². The number of hydrogen-bond acceptors (Lipinski definition) is 4. The molecule has 2 aliphatic rings. The number of likely N-dealkylation sites (tertiary alicyclic amines) is 1. The number of allylic oxidation sites excluding steroid dienone is 2. The van der Waals surface area contributed by atoms with Crippen LogP contribution >= 0.6 is 0 Å². The number of rotatable bonds is 4. The van der Waals surface area contributed by atoms with Crippen LogP contribution < -0.4 is 5.32 Å². The summed E-state index contributed by atoms with van der Waals surface area (Å²) in [4.78, 5) is 27.2. The molecular weight excluding hydrogens is 330 g/mol. The van der Waals surface area contributed by atoms with Crippen molar-refractivity contribution in [2.24, 2.45) is 23.2 Å². The lowest BCUT2D eigenvalue weighted by atomic mass is 9.95. The Balaban J connectivity index is 1.53. The first-order valence-corrected chi connectivity index (χ1v) is 9.38. The van der Waals surface area contributed by atoms with Gasteiger partial charge in [-0.1, -0.05) is 30.7 Å². The number of carbonyl (C=O) groups excluding carboxylic acids is 2. The third-order valence-electron chi connectivity index (χ3n) is 5.75. The second-order valence-electron chi connectivity index (χ2n) is 8.48. The van der Waals surface area contributed by atoms with Crippen LogP contribution in [0.3, 0.4) is 0 Å². The first kappa shape index (κ1) is 18.7. The zero-order valence-corrected chi connectivity index (χ0v) is 16.3. The van der Waals surface area contributed by atoms with E-state index in [-0.39, 0.29) is 29.1 Å². The summed E-state index contributed by atoms with van der Waals surface area (Å²) >= 11 is 0. The van der Waals surface area contributed by atoms with E-state index in [1.807, 2.05) is 4.90 Å². The molecule has 0 aromatic carbocycles. The van der Waals surface area contributed by atoms with Crippen molar-refractivity contribution >= 4 is 17.6 Å². The van der Waals surface area contributed by atoms with E-state index in [0.29, 0.717) is 43.4 Å². The topological polar surface area (TPSA) is 75.4 Å². The van der Waals surface area contributed by atoms with Crippen LogP contribution in [0.4, 0.5) is 5.82 Å². The average Bonchev–Trinajstić information content (AvgIpc) is 2.89. The highest BCUT2D eigenvalue weighted by Crippen LogP contribution is 2.60. The van der Waals surface area contributed by atoms with Gasteiger partial charge in [0.05, 0.1) is 5.92 Å². The first-order valence-electron chi connectivity index (χ1n) is 9.38. The molecule has 0 radical (unpaired) electrons. The van der Waals surface area contributed by atoms with Gasteiger partial charge >= 0.3 is 0 Å². The smallest absolute Gasteiger partial charge is 0.228 e. The Morgan fingerprint density at radius 1 is 1.31 bits per heavy atom. The van der Waals surface area contributed by atoms with Crippen LogP contribution in [0.25, 0.3) is 0 Å². The molecule has 1 N–H and O–H groups in total. The van der Waals surface area contributed by atoms with Crippen molar-refractivity contribution in [2.45, 2.75) is 47.5 Å². The zero-order chi connectivity index (χ0) is 19.1. The van der Waals surface area contributed by atoms with E-state index in [1.165, 1.54) is 5.57 Å². The van der Waals surface area contributed by atoms with Crippen molar-refractivity contribution in [1.82, 2.24) is 10.1 Å². The minimum absolute atomic E-state index is 0.0351. The predicted octanol–water partition coefficient (Wildman–Crippen LogP) is 3.40. The van der Waals surface area contributed by atoms with Crippen molar-refractivity contribution in [1.29, 1.82) is 0 Å². The standard InChI is InChI=1S/C20H29N3O3/c1-12(2)10-15-17(20(15,4)5)19(25)23-8-6-14(7-9-23)18(24)21-16-11-13(3)26-22-16/h10-11,14-15,17H,6-9H2,1-5H3,(H,21,22,24)/t15-,17+/m0/s1. The van der Waals surface area contributed by atoms with E-state index in [9.17, 15) is 9.59 Å². The number of aromatic nitrogens is 1. The predicted molar refractivity (Wildman–Crippen MR) is 99.4 cm³/mol. The largest absolute Gasteiger partial charge is 0.360 e. The Morgan fingerprint density at radius 2 is 1.96 bits per heavy atom. The van der Waals surface area contributed by atoms with Crippen LogP contribution in [0.5, 0.6) is 0 Å². The highest BCUT2D eigenvalue weighted by molar-refractivity contribution is 5.92. The molecule has 1 aliphatic carbocycles. The van der Waals surface area contributed by atoms with Crippen LogP contribution in [0.15, 0.2) is 22.2 Å². The molecule has 2 amide bonds. The van der Waals surface area contributed by atoms with Gasteiger partial charge in [-0.05, 0) is 44.9 Å². The lowest BCUT2D eigenvalue weighted by molar-refractivity contribution is -0.136. The number of anilines is 1. The summed E-state index contributed by atoms with van der Waals surface area (Å²) in [5, 5.41) is 6.59. The summed E-state index contributed by atoms with van der Waals surface area (Å²) in [6.07, 6.45) is 3.60. The van der Waals surface area contributed by atoms with Gasteiger partial charge < -0.3 is 14.7 Å². The highest BCUT2D eigenvalue weighted by Gasteiger charge is 2.61. The lowest BCUT2D eigenvalue weighted by Crippen LogP contribution is -2.42. The van der Waals surface area contributed by atoms with Crippen LogP contribution in [-0.2, 0) is 9.59 Å². The third kappa shape index (κ3) is 3.69. The zero-order valence-electron chi connectivity index (χ0n) is 16.3. The van der Waals surface area contributed by atoms with Gasteiger partial charge in [-0.25, -0.2) is 0 Å². The van der Waals surface area contributed by atoms with E-state index >= 15 is 0 Å². The average molecular weight is 359 g/mol. The fourth-order valence-corrected chi connectivity index (χ4v) is 4.03. The van der Waals surface area contributed by atoms with Crippen molar-refractivity contribution in [2.75, 3.05) is 18.4 Å².